The molecule has 1 aromatic carbocycles. The number of carboxylic acid groups (broad SMARTS) is 1. The molecule has 0 bridgehead atoms. The van der Waals surface area contributed by atoms with Gasteiger partial charge in [0.05, 0.1) is 24.3 Å². The number of carboxylic acids is 1. The number of carbonyl (C=O) groups excluding carboxylic acids is 2. The van der Waals surface area contributed by atoms with Crippen molar-refractivity contribution < 1.29 is 24.2 Å². The van der Waals surface area contributed by atoms with Crippen LogP contribution in [0.3, 0.4) is 0 Å². The Labute approximate surface area is 154 Å². The molecule has 138 valence electrons. The Morgan fingerprint density at radius 2 is 1.93 bits per heavy atom. The number of benzene rings is 1. The monoisotopic (exact) mass is 368 g/mol. The van der Waals surface area contributed by atoms with E-state index in [4.69, 9.17) is 20.8 Å². The molecule has 2 aromatic rings. The first-order chi connectivity index (χ1) is 12.9. The van der Waals surface area contributed by atoms with Gasteiger partial charge in [0.1, 0.15) is 6.07 Å². The second-order valence-electron chi connectivity index (χ2n) is 6.04. The van der Waals surface area contributed by atoms with E-state index < -0.39 is 17.9 Å². The molecule has 9 nitrogen and oxygen atoms in total. The maximum atomic E-state index is 12.1. The quantitative estimate of drug-likeness (QED) is 0.772. The van der Waals surface area contributed by atoms with Gasteiger partial charge in [-0.05, 0) is 24.3 Å². The van der Waals surface area contributed by atoms with Crippen molar-refractivity contribution >= 4 is 29.2 Å². The van der Waals surface area contributed by atoms with Crippen molar-refractivity contribution in [1.29, 1.82) is 5.26 Å². The molecule has 1 amide bonds. The lowest BCUT2D eigenvalue weighted by Gasteiger charge is -2.17. The van der Waals surface area contributed by atoms with Crippen LogP contribution in [0.4, 0.5) is 11.4 Å². The molecule has 1 aliphatic rings. The van der Waals surface area contributed by atoms with E-state index in [9.17, 15) is 14.4 Å². The zero-order valence-corrected chi connectivity index (χ0v) is 14.4. The summed E-state index contributed by atoms with van der Waals surface area (Å²) in [6, 6.07) is 8.48. The molecular formula is C18H16N4O5. The normalized spacial score (nSPS) is 16.2. The van der Waals surface area contributed by atoms with Crippen LogP contribution < -0.4 is 10.6 Å². The van der Waals surface area contributed by atoms with E-state index >= 15 is 0 Å². The van der Waals surface area contributed by atoms with Gasteiger partial charge in [-0.25, -0.2) is 4.79 Å². The SMILES string of the molecule is COC(=O)c1c(N)c(C#N)cn1-c1ccc(N2CC(C(=O)O)CC2=O)cc1. The minimum Gasteiger partial charge on any atom is -0.481 e. The second-order valence-corrected chi connectivity index (χ2v) is 6.04. The van der Waals surface area contributed by atoms with E-state index in [0.717, 1.165) is 0 Å². The van der Waals surface area contributed by atoms with Gasteiger partial charge in [-0.15, -0.1) is 0 Å². The number of nitrogen functional groups attached to an aromatic ring is 1. The van der Waals surface area contributed by atoms with Crippen molar-refractivity contribution in [2.24, 2.45) is 5.92 Å². The molecule has 3 N–H and O–H groups in total. The van der Waals surface area contributed by atoms with Gasteiger partial charge in [0.25, 0.3) is 0 Å². The number of aromatic nitrogens is 1. The van der Waals surface area contributed by atoms with Crippen LogP contribution in [0.2, 0.25) is 0 Å². The average Bonchev–Trinajstić information content (AvgIpc) is 3.21. The van der Waals surface area contributed by atoms with E-state index in [0.29, 0.717) is 11.4 Å². The van der Waals surface area contributed by atoms with E-state index in [1.54, 1.807) is 24.3 Å². The molecule has 0 radical (unpaired) electrons. The maximum Gasteiger partial charge on any atom is 0.357 e. The number of ether oxygens (including phenoxy) is 1. The molecule has 0 spiro atoms. The standard InChI is InChI=1S/C18H16N4O5/c1-27-18(26)16-15(20)11(7-19)9-22(16)13-4-2-12(3-5-13)21-8-10(17(24)25)6-14(21)23/h2-5,9-10H,6,8,20H2,1H3,(H,24,25). The number of anilines is 2. The summed E-state index contributed by atoms with van der Waals surface area (Å²) in [5.74, 6) is -2.68. The van der Waals surface area contributed by atoms with E-state index in [2.05, 4.69) is 0 Å². The second kappa shape index (κ2) is 6.84. The molecule has 0 aliphatic carbocycles. The maximum absolute atomic E-state index is 12.1. The zero-order chi connectivity index (χ0) is 19.7. The highest BCUT2D eigenvalue weighted by Crippen LogP contribution is 2.28. The Balaban J connectivity index is 1.95. The Morgan fingerprint density at radius 3 is 2.44 bits per heavy atom. The number of aliphatic carboxylic acids is 1. The van der Waals surface area contributed by atoms with Gasteiger partial charge in [0.15, 0.2) is 5.69 Å². The fraction of sp³-hybridized carbons (Fsp3) is 0.222. The molecule has 1 aromatic heterocycles. The van der Waals surface area contributed by atoms with Gasteiger partial charge >= 0.3 is 11.9 Å². The highest BCUT2D eigenvalue weighted by Gasteiger charge is 2.35. The predicted octanol–water partition coefficient (Wildman–Crippen LogP) is 1.16. The average molecular weight is 368 g/mol. The van der Waals surface area contributed by atoms with Crippen molar-refractivity contribution in [2.45, 2.75) is 6.42 Å². The van der Waals surface area contributed by atoms with Gasteiger partial charge in [-0.2, -0.15) is 5.26 Å². The fourth-order valence-electron chi connectivity index (χ4n) is 3.03. The van der Waals surface area contributed by atoms with Gasteiger partial charge in [-0.3, -0.25) is 9.59 Å². The van der Waals surface area contributed by atoms with Crippen LogP contribution in [0.15, 0.2) is 30.5 Å². The third-order valence-electron chi connectivity index (χ3n) is 4.46. The minimum atomic E-state index is -1.00. The number of nitrogens with two attached hydrogens (primary N) is 1. The third-order valence-corrected chi connectivity index (χ3v) is 4.46. The minimum absolute atomic E-state index is 0.0208. The molecule has 1 fully saturated rings. The van der Waals surface area contributed by atoms with E-state index in [-0.39, 0.29) is 35.8 Å². The van der Waals surface area contributed by atoms with Crippen LogP contribution in [-0.2, 0) is 14.3 Å². The first kappa shape index (κ1) is 18.0. The molecule has 1 unspecified atom stereocenters. The Hall–Kier alpha value is -3.80. The van der Waals surface area contributed by atoms with Gasteiger partial charge in [-0.1, -0.05) is 0 Å². The number of hydrogen-bond acceptors (Lipinski definition) is 6. The van der Waals surface area contributed by atoms with Crippen molar-refractivity contribution in [3.05, 3.63) is 41.7 Å². The summed E-state index contributed by atoms with van der Waals surface area (Å²) in [4.78, 5) is 36.6. The van der Waals surface area contributed by atoms with Crippen LogP contribution in [0.1, 0.15) is 22.5 Å². The number of hydrogen-bond donors (Lipinski definition) is 2. The summed E-state index contributed by atoms with van der Waals surface area (Å²) in [5, 5.41) is 18.2. The summed E-state index contributed by atoms with van der Waals surface area (Å²) in [7, 11) is 1.21. The lowest BCUT2D eigenvalue weighted by atomic mass is 10.1. The Morgan fingerprint density at radius 1 is 1.30 bits per heavy atom. The largest absolute Gasteiger partial charge is 0.481 e. The highest BCUT2D eigenvalue weighted by atomic mass is 16.5. The summed E-state index contributed by atoms with van der Waals surface area (Å²) >= 11 is 0. The number of amides is 1. The number of rotatable bonds is 4. The molecule has 3 rings (SSSR count). The van der Waals surface area contributed by atoms with Crippen LogP contribution in [0.5, 0.6) is 0 Å². The number of carbonyl (C=O) groups is 3. The van der Waals surface area contributed by atoms with Crippen molar-refractivity contribution in [2.75, 3.05) is 24.3 Å². The van der Waals surface area contributed by atoms with Crippen LogP contribution in [0.25, 0.3) is 5.69 Å². The molecule has 2 heterocycles. The van der Waals surface area contributed by atoms with Crippen LogP contribution >= 0.6 is 0 Å². The first-order valence-electron chi connectivity index (χ1n) is 8.00. The number of esters is 1. The lowest BCUT2D eigenvalue weighted by molar-refractivity contribution is -0.141. The zero-order valence-electron chi connectivity index (χ0n) is 14.4. The predicted molar refractivity (Wildman–Crippen MR) is 94.3 cm³/mol. The van der Waals surface area contributed by atoms with Crippen LogP contribution in [-0.4, -0.2) is 41.2 Å². The summed E-state index contributed by atoms with van der Waals surface area (Å²) in [5.41, 5.74) is 7.14. The van der Waals surface area contributed by atoms with Crippen molar-refractivity contribution in [3.8, 4) is 11.8 Å². The third kappa shape index (κ3) is 3.08. The highest BCUT2D eigenvalue weighted by molar-refractivity contribution is 5.99. The number of methoxy groups -OCH3 is 1. The molecule has 1 saturated heterocycles. The van der Waals surface area contributed by atoms with Gasteiger partial charge in [0.2, 0.25) is 5.91 Å². The smallest absolute Gasteiger partial charge is 0.357 e. The Bertz CT molecular complexity index is 971. The van der Waals surface area contributed by atoms with Crippen molar-refractivity contribution in [1.82, 2.24) is 4.57 Å². The van der Waals surface area contributed by atoms with E-state index in [1.807, 2.05) is 6.07 Å². The van der Waals surface area contributed by atoms with Gasteiger partial charge in [0, 0.05) is 30.5 Å². The topological polar surface area (TPSA) is 139 Å². The van der Waals surface area contributed by atoms with Gasteiger partial charge < -0.3 is 25.0 Å². The Kier molecular flexibility index (Phi) is 4.56. The number of nitriles is 1. The summed E-state index contributed by atoms with van der Waals surface area (Å²) < 4.78 is 6.17. The molecule has 1 aliphatic heterocycles. The summed E-state index contributed by atoms with van der Waals surface area (Å²) in [6.45, 7) is 0.107. The molecule has 0 saturated carbocycles. The fourth-order valence-corrected chi connectivity index (χ4v) is 3.03. The number of nitrogens with zero attached hydrogens (tertiary/aromatic N) is 3. The van der Waals surface area contributed by atoms with Crippen LogP contribution in [0, 0.1) is 17.2 Å². The summed E-state index contributed by atoms with van der Waals surface area (Å²) in [6.07, 6.45) is 1.39. The lowest BCUT2D eigenvalue weighted by Crippen LogP contribution is -2.25. The molecular weight excluding hydrogens is 352 g/mol. The van der Waals surface area contributed by atoms with E-state index in [1.165, 1.54) is 22.8 Å². The molecule has 27 heavy (non-hydrogen) atoms. The van der Waals surface area contributed by atoms with Crippen molar-refractivity contribution in [3.63, 3.8) is 0 Å². The first-order valence-corrected chi connectivity index (χ1v) is 8.00. The molecule has 1 atom stereocenters. The molecule has 9 heteroatoms.